The smallest absolute Gasteiger partial charge is 0.294 e. The van der Waals surface area contributed by atoms with Gasteiger partial charge in [-0.3, -0.25) is 14.4 Å². The molecule has 2 rings (SSSR count). The van der Waals surface area contributed by atoms with Crippen LogP contribution >= 0.6 is 0 Å². The van der Waals surface area contributed by atoms with Crippen molar-refractivity contribution in [2.24, 2.45) is 11.7 Å². The number of nitrogens with zero attached hydrogens (tertiary/aromatic N) is 1. The fourth-order valence-corrected chi connectivity index (χ4v) is 2.34. The molecule has 1 aliphatic rings. The lowest BCUT2D eigenvalue weighted by molar-refractivity contribution is -0.131. The third kappa shape index (κ3) is 3.04. The van der Waals surface area contributed by atoms with Gasteiger partial charge in [0.25, 0.3) is 5.91 Å². The first-order valence-electron chi connectivity index (χ1n) is 6.68. The van der Waals surface area contributed by atoms with Gasteiger partial charge in [-0.1, -0.05) is 29.8 Å². The zero-order valence-corrected chi connectivity index (χ0v) is 11.5. The Morgan fingerprint density at radius 3 is 2.15 bits per heavy atom. The van der Waals surface area contributed by atoms with Crippen LogP contribution in [0, 0.1) is 12.8 Å². The third-order valence-corrected chi connectivity index (χ3v) is 3.69. The van der Waals surface area contributed by atoms with Crippen molar-refractivity contribution in [3.05, 3.63) is 35.4 Å². The Labute approximate surface area is 117 Å². The molecule has 0 radical (unpaired) electrons. The molecule has 0 spiro atoms. The van der Waals surface area contributed by atoms with Gasteiger partial charge in [-0.25, -0.2) is 0 Å². The van der Waals surface area contributed by atoms with E-state index in [-0.39, 0.29) is 11.8 Å². The molecule has 5 heteroatoms. The second-order valence-corrected chi connectivity index (χ2v) is 5.16. The lowest BCUT2D eigenvalue weighted by atomic mass is 9.95. The topological polar surface area (TPSA) is 80.5 Å². The monoisotopic (exact) mass is 274 g/mol. The summed E-state index contributed by atoms with van der Waals surface area (Å²) in [6.07, 6.45) is 1.06. The fraction of sp³-hybridized carbons (Fsp3) is 0.400. The number of ketones is 1. The summed E-state index contributed by atoms with van der Waals surface area (Å²) in [7, 11) is 0. The second-order valence-electron chi connectivity index (χ2n) is 5.16. The first kappa shape index (κ1) is 14.2. The van der Waals surface area contributed by atoms with E-state index in [2.05, 4.69) is 0 Å². The minimum absolute atomic E-state index is 0.187. The van der Waals surface area contributed by atoms with Gasteiger partial charge in [-0.15, -0.1) is 0 Å². The number of nitrogens with two attached hydrogens (primary N) is 1. The van der Waals surface area contributed by atoms with E-state index in [9.17, 15) is 14.4 Å². The van der Waals surface area contributed by atoms with E-state index in [0.717, 1.165) is 5.56 Å². The van der Waals surface area contributed by atoms with Crippen LogP contribution in [0.4, 0.5) is 0 Å². The zero-order valence-electron chi connectivity index (χ0n) is 11.5. The summed E-state index contributed by atoms with van der Waals surface area (Å²) in [5, 5.41) is 0. The summed E-state index contributed by atoms with van der Waals surface area (Å²) in [5.41, 5.74) is 6.68. The first-order chi connectivity index (χ1) is 9.49. The average molecular weight is 274 g/mol. The molecule has 20 heavy (non-hydrogen) atoms. The van der Waals surface area contributed by atoms with E-state index in [0.29, 0.717) is 31.5 Å². The van der Waals surface area contributed by atoms with E-state index < -0.39 is 11.7 Å². The molecular formula is C15H18N2O3. The van der Waals surface area contributed by atoms with Gasteiger partial charge < -0.3 is 10.6 Å². The Kier molecular flexibility index (Phi) is 4.17. The van der Waals surface area contributed by atoms with Crippen molar-refractivity contribution in [1.82, 2.24) is 4.90 Å². The second kappa shape index (κ2) is 5.86. The average Bonchev–Trinajstić information content (AvgIpc) is 2.46. The Bertz CT molecular complexity index is 529. The molecule has 1 aromatic carbocycles. The van der Waals surface area contributed by atoms with Crippen LogP contribution in [-0.2, 0) is 9.59 Å². The highest BCUT2D eigenvalue weighted by atomic mass is 16.2. The number of rotatable bonds is 3. The zero-order chi connectivity index (χ0) is 14.7. The summed E-state index contributed by atoms with van der Waals surface area (Å²) in [4.78, 5) is 36.8. The van der Waals surface area contributed by atoms with E-state index in [1.54, 1.807) is 24.3 Å². The van der Waals surface area contributed by atoms with E-state index in [1.807, 2.05) is 6.92 Å². The van der Waals surface area contributed by atoms with Gasteiger partial charge in [0.2, 0.25) is 11.7 Å². The van der Waals surface area contributed by atoms with E-state index in [4.69, 9.17) is 5.73 Å². The molecule has 2 amide bonds. The van der Waals surface area contributed by atoms with E-state index >= 15 is 0 Å². The van der Waals surface area contributed by atoms with Crippen molar-refractivity contribution in [2.75, 3.05) is 13.1 Å². The minimum Gasteiger partial charge on any atom is -0.369 e. The van der Waals surface area contributed by atoms with Crippen molar-refractivity contribution in [1.29, 1.82) is 0 Å². The summed E-state index contributed by atoms with van der Waals surface area (Å²) >= 11 is 0. The van der Waals surface area contributed by atoms with Crippen LogP contribution in [0.15, 0.2) is 24.3 Å². The van der Waals surface area contributed by atoms with Crippen LogP contribution in [0.3, 0.4) is 0 Å². The van der Waals surface area contributed by atoms with Crippen molar-refractivity contribution >= 4 is 17.6 Å². The number of carbonyl (C=O) groups excluding carboxylic acids is 3. The van der Waals surface area contributed by atoms with Crippen molar-refractivity contribution < 1.29 is 14.4 Å². The van der Waals surface area contributed by atoms with Crippen LogP contribution in [0.1, 0.15) is 28.8 Å². The largest absolute Gasteiger partial charge is 0.369 e. The minimum atomic E-state index is -0.503. The number of piperidine rings is 1. The highest BCUT2D eigenvalue weighted by Crippen LogP contribution is 2.17. The standard InChI is InChI=1S/C15H18N2O3/c1-10-2-4-11(5-3-10)13(18)15(20)17-8-6-12(7-9-17)14(16)19/h2-5,12H,6-9H2,1H3,(H2,16,19). The van der Waals surface area contributed by atoms with Gasteiger partial charge in [0.05, 0.1) is 0 Å². The molecule has 0 aliphatic carbocycles. The van der Waals surface area contributed by atoms with Gasteiger partial charge in [0, 0.05) is 24.6 Å². The SMILES string of the molecule is Cc1ccc(C(=O)C(=O)N2CCC(C(N)=O)CC2)cc1. The summed E-state index contributed by atoms with van der Waals surface area (Å²) < 4.78 is 0. The van der Waals surface area contributed by atoms with Crippen LogP contribution in [-0.4, -0.2) is 35.6 Å². The van der Waals surface area contributed by atoms with Crippen LogP contribution < -0.4 is 5.73 Å². The number of hydrogen-bond acceptors (Lipinski definition) is 3. The maximum absolute atomic E-state index is 12.1. The summed E-state index contributed by atoms with van der Waals surface area (Å²) in [6.45, 7) is 2.73. The number of aryl methyl sites for hydroxylation is 1. The lowest BCUT2D eigenvalue weighted by Gasteiger charge is -2.30. The van der Waals surface area contributed by atoms with Crippen LogP contribution in [0.5, 0.6) is 0 Å². The molecule has 0 bridgehead atoms. The molecule has 1 heterocycles. The first-order valence-corrected chi connectivity index (χ1v) is 6.68. The Hall–Kier alpha value is -2.17. The Morgan fingerprint density at radius 2 is 1.65 bits per heavy atom. The number of Topliss-reactive ketones (excluding diaryl/α,β-unsaturated/α-hetero) is 1. The molecule has 0 saturated carbocycles. The predicted molar refractivity (Wildman–Crippen MR) is 74.0 cm³/mol. The highest BCUT2D eigenvalue weighted by Gasteiger charge is 2.29. The van der Waals surface area contributed by atoms with Gasteiger partial charge in [-0.05, 0) is 19.8 Å². The molecule has 106 valence electrons. The van der Waals surface area contributed by atoms with Gasteiger partial charge >= 0.3 is 0 Å². The van der Waals surface area contributed by atoms with Gasteiger partial charge in [0.1, 0.15) is 0 Å². The Balaban J connectivity index is 2.00. The summed E-state index contributed by atoms with van der Waals surface area (Å²) in [6, 6.07) is 6.93. The Morgan fingerprint density at radius 1 is 1.10 bits per heavy atom. The number of benzene rings is 1. The molecule has 0 unspecified atom stereocenters. The maximum Gasteiger partial charge on any atom is 0.294 e. The summed E-state index contributed by atoms with van der Waals surface area (Å²) in [5.74, 6) is -1.52. The highest BCUT2D eigenvalue weighted by molar-refractivity contribution is 6.42. The van der Waals surface area contributed by atoms with Crippen molar-refractivity contribution in [2.45, 2.75) is 19.8 Å². The maximum atomic E-state index is 12.1. The van der Waals surface area contributed by atoms with Crippen LogP contribution in [0.25, 0.3) is 0 Å². The molecule has 1 saturated heterocycles. The quantitative estimate of drug-likeness (QED) is 0.657. The molecular weight excluding hydrogens is 256 g/mol. The molecule has 5 nitrogen and oxygen atoms in total. The molecule has 1 aromatic rings. The van der Waals surface area contributed by atoms with Gasteiger partial charge in [-0.2, -0.15) is 0 Å². The van der Waals surface area contributed by atoms with Crippen LogP contribution in [0.2, 0.25) is 0 Å². The van der Waals surface area contributed by atoms with Gasteiger partial charge in [0.15, 0.2) is 0 Å². The number of likely N-dealkylation sites (tertiary alicyclic amines) is 1. The lowest BCUT2D eigenvalue weighted by Crippen LogP contribution is -2.44. The normalized spacial score (nSPS) is 15.9. The number of amides is 2. The number of carbonyl (C=O) groups is 3. The van der Waals surface area contributed by atoms with Crippen molar-refractivity contribution in [3.63, 3.8) is 0 Å². The van der Waals surface area contributed by atoms with E-state index in [1.165, 1.54) is 4.90 Å². The molecule has 0 atom stereocenters. The number of hydrogen-bond donors (Lipinski definition) is 1. The third-order valence-electron chi connectivity index (χ3n) is 3.69. The number of primary amides is 1. The predicted octanol–water partition coefficient (Wildman–Crippen LogP) is 0.902. The molecule has 1 fully saturated rings. The fourth-order valence-electron chi connectivity index (χ4n) is 2.34. The molecule has 0 aromatic heterocycles. The molecule has 2 N–H and O–H groups in total. The van der Waals surface area contributed by atoms with Crippen molar-refractivity contribution in [3.8, 4) is 0 Å². The molecule has 1 aliphatic heterocycles.